The average Bonchev–Trinajstić information content (AvgIpc) is 2.89. The van der Waals surface area contributed by atoms with Crippen LogP contribution in [-0.2, 0) is 10.2 Å². The van der Waals surface area contributed by atoms with Crippen LogP contribution < -0.4 is 10.6 Å². The van der Waals surface area contributed by atoms with E-state index in [-0.39, 0.29) is 24.1 Å². The van der Waals surface area contributed by atoms with E-state index in [9.17, 15) is 9.18 Å². The van der Waals surface area contributed by atoms with E-state index in [0.717, 1.165) is 37.8 Å². The molecule has 0 spiro atoms. The molecule has 1 aliphatic rings. The Balaban J connectivity index is 0.00000200. The van der Waals surface area contributed by atoms with Gasteiger partial charge < -0.3 is 10.6 Å². The summed E-state index contributed by atoms with van der Waals surface area (Å²) in [6.07, 6.45) is 3.66. The molecule has 1 saturated carbocycles. The van der Waals surface area contributed by atoms with E-state index in [0.29, 0.717) is 6.54 Å². The van der Waals surface area contributed by atoms with Crippen LogP contribution in [0.25, 0.3) is 0 Å². The summed E-state index contributed by atoms with van der Waals surface area (Å²) < 4.78 is 13.4. The summed E-state index contributed by atoms with van der Waals surface area (Å²) in [7, 11) is 1.85. The highest BCUT2D eigenvalue weighted by atomic mass is 35.5. The minimum absolute atomic E-state index is 0. The smallest absolute Gasteiger partial charge is 0.230 e. The highest BCUT2D eigenvalue weighted by Gasteiger charge is 2.42. The Bertz CT molecular complexity index is 447. The third-order valence-electron chi connectivity index (χ3n) is 3.93. The molecule has 1 aliphatic carbocycles. The number of amides is 1. The molecule has 0 radical (unpaired) electrons. The van der Waals surface area contributed by atoms with Gasteiger partial charge in [0.05, 0.1) is 5.41 Å². The van der Waals surface area contributed by atoms with E-state index in [2.05, 4.69) is 10.6 Å². The fourth-order valence-electron chi connectivity index (χ4n) is 2.88. The predicted octanol–water partition coefficient (Wildman–Crippen LogP) is 2.39. The van der Waals surface area contributed by atoms with Crippen LogP contribution in [0.15, 0.2) is 24.3 Å². The molecule has 0 bridgehead atoms. The number of carbonyl (C=O) groups is 1. The summed E-state index contributed by atoms with van der Waals surface area (Å²) in [5.41, 5.74) is 0.280. The Morgan fingerprint density at radius 1 is 1.30 bits per heavy atom. The van der Waals surface area contributed by atoms with Gasteiger partial charge in [0.25, 0.3) is 0 Å². The zero-order valence-electron chi connectivity index (χ0n) is 11.7. The predicted molar refractivity (Wildman–Crippen MR) is 80.7 cm³/mol. The minimum Gasteiger partial charge on any atom is -0.354 e. The highest BCUT2D eigenvalue weighted by molar-refractivity contribution is 5.88. The molecule has 112 valence electrons. The van der Waals surface area contributed by atoms with Gasteiger partial charge in [-0.25, -0.2) is 4.39 Å². The second-order valence-electron chi connectivity index (χ2n) is 5.16. The van der Waals surface area contributed by atoms with Gasteiger partial charge in [-0.15, -0.1) is 12.4 Å². The fraction of sp³-hybridized carbons (Fsp3) is 0.533. The summed E-state index contributed by atoms with van der Waals surface area (Å²) in [4.78, 5) is 12.5. The maximum Gasteiger partial charge on any atom is 0.230 e. The van der Waals surface area contributed by atoms with Gasteiger partial charge in [-0.05, 0) is 37.6 Å². The van der Waals surface area contributed by atoms with Gasteiger partial charge in [0.1, 0.15) is 5.82 Å². The first-order valence-corrected chi connectivity index (χ1v) is 6.88. The number of rotatable bonds is 5. The van der Waals surface area contributed by atoms with E-state index in [1.165, 1.54) is 12.1 Å². The molecule has 2 rings (SSSR count). The number of halogens is 2. The Labute approximate surface area is 125 Å². The molecular weight excluding hydrogens is 279 g/mol. The zero-order valence-corrected chi connectivity index (χ0v) is 12.6. The lowest BCUT2D eigenvalue weighted by Crippen LogP contribution is -2.44. The van der Waals surface area contributed by atoms with Gasteiger partial charge in [-0.1, -0.05) is 25.0 Å². The van der Waals surface area contributed by atoms with Gasteiger partial charge in [0, 0.05) is 13.1 Å². The number of hydrogen-bond donors (Lipinski definition) is 2. The molecule has 0 aromatic heterocycles. The van der Waals surface area contributed by atoms with Crippen LogP contribution in [0.2, 0.25) is 0 Å². The van der Waals surface area contributed by atoms with Crippen LogP contribution in [0.5, 0.6) is 0 Å². The molecule has 1 amide bonds. The van der Waals surface area contributed by atoms with Gasteiger partial charge in [0.15, 0.2) is 0 Å². The van der Waals surface area contributed by atoms with E-state index < -0.39 is 5.41 Å². The van der Waals surface area contributed by atoms with Gasteiger partial charge in [-0.2, -0.15) is 0 Å². The molecule has 3 nitrogen and oxygen atoms in total. The molecule has 0 saturated heterocycles. The molecule has 20 heavy (non-hydrogen) atoms. The first-order chi connectivity index (χ1) is 9.19. The number of carbonyl (C=O) groups excluding carboxylic acids is 1. The summed E-state index contributed by atoms with van der Waals surface area (Å²) in [6.45, 7) is 1.34. The van der Waals surface area contributed by atoms with E-state index in [1.807, 2.05) is 13.1 Å². The van der Waals surface area contributed by atoms with Crippen molar-refractivity contribution in [3.05, 3.63) is 35.6 Å². The van der Waals surface area contributed by atoms with Crippen molar-refractivity contribution in [2.45, 2.75) is 31.1 Å². The lowest BCUT2D eigenvalue weighted by molar-refractivity contribution is -0.126. The first kappa shape index (κ1) is 16.9. The molecule has 2 N–H and O–H groups in total. The minimum atomic E-state index is -0.532. The largest absolute Gasteiger partial charge is 0.354 e. The normalized spacial score (nSPS) is 16.5. The van der Waals surface area contributed by atoms with Crippen LogP contribution >= 0.6 is 12.4 Å². The highest BCUT2D eigenvalue weighted by Crippen LogP contribution is 2.41. The second-order valence-corrected chi connectivity index (χ2v) is 5.16. The van der Waals surface area contributed by atoms with Gasteiger partial charge in [0.2, 0.25) is 5.91 Å². The van der Waals surface area contributed by atoms with Crippen molar-refractivity contribution in [3.8, 4) is 0 Å². The van der Waals surface area contributed by atoms with Crippen molar-refractivity contribution < 1.29 is 9.18 Å². The maximum absolute atomic E-state index is 13.4. The topological polar surface area (TPSA) is 41.1 Å². The quantitative estimate of drug-likeness (QED) is 0.820. The molecule has 1 fully saturated rings. The van der Waals surface area contributed by atoms with Crippen molar-refractivity contribution >= 4 is 18.3 Å². The summed E-state index contributed by atoms with van der Waals surface area (Å²) in [6, 6.07) is 6.48. The Morgan fingerprint density at radius 3 is 2.60 bits per heavy atom. The molecule has 0 unspecified atom stereocenters. The maximum atomic E-state index is 13.4. The van der Waals surface area contributed by atoms with Crippen LogP contribution in [0.1, 0.15) is 31.2 Å². The van der Waals surface area contributed by atoms with Crippen LogP contribution in [-0.4, -0.2) is 26.0 Å². The number of nitrogens with one attached hydrogen (secondary N) is 2. The SMILES string of the molecule is CNCCNC(=O)C1(c2cccc(F)c2)CCCC1.Cl. The third kappa shape index (κ3) is 3.49. The van der Waals surface area contributed by atoms with Gasteiger partial charge in [-0.3, -0.25) is 4.79 Å². The summed E-state index contributed by atoms with van der Waals surface area (Å²) in [5, 5.41) is 5.96. The van der Waals surface area contributed by atoms with Crippen molar-refractivity contribution in [3.63, 3.8) is 0 Å². The second kappa shape index (κ2) is 7.60. The first-order valence-electron chi connectivity index (χ1n) is 6.88. The summed E-state index contributed by atoms with van der Waals surface area (Å²) in [5.74, 6) is -0.238. The fourth-order valence-corrected chi connectivity index (χ4v) is 2.88. The number of likely N-dealkylation sites (N-methyl/N-ethyl adjacent to an activating group) is 1. The molecular formula is C15H22ClFN2O. The van der Waals surface area contributed by atoms with Crippen molar-refractivity contribution in [2.24, 2.45) is 0 Å². The summed E-state index contributed by atoms with van der Waals surface area (Å²) >= 11 is 0. The van der Waals surface area contributed by atoms with Crippen LogP contribution in [0.3, 0.4) is 0 Å². The molecule has 5 heteroatoms. The van der Waals surface area contributed by atoms with Gasteiger partial charge >= 0.3 is 0 Å². The molecule has 1 aromatic rings. The molecule has 1 aromatic carbocycles. The Kier molecular flexibility index (Phi) is 6.43. The lowest BCUT2D eigenvalue weighted by atomic mass is 9.78. The lowest BCUT2D eigenvalue weighted by Gasteiger charge is -2.28. The van der Waals surface area contributed by atoms with E-state index in [1.54, 1.807) is 6.07 Å². The third-order valence-corrected chi connectivity index (χ3v) is 3.93. The molecule has 0 atom stereocenters. The molecule has 0 aliphatic heterocycles. The van der Waals surface area contributed by atoms with Crippen molar-refractivity contribution in [1.29, 1.82) is 0 Å². The van der Waals surface area contributed by atoms with E-state index >= 15 is 0 Å². The van der Waals surface area contributed by atoms with Crippen molar-refractivity contribution in [2.75, 3.05) is 20.1 Å². The van der Waals surface area contributed by atoms with Crippen molar-refractivity contribution in [1.82, 2.24) is 10.6 Å². The number of hydrogen-bond acceptors (Lipinski definition) is 2. The van der Waals surface area contributed by atoms with E-state index in [4.69, 9.17) is 0 Å². The Morgan fingerprint density at radius 2 is 2.00 bits per heavy atom. The zero-order chi connectivity index (χ0) is 13.7. The average molecular weight is 301 g/mol. The Hall–Kier alpha value is -1.13. The standard InChI is InChI=1S/C15H21FN2O.ClH/c1-17-9-10-18-14(19)15(7-2-3-8-15)12-5-4-6-13(16)11-12;/h4-6,11,17H,2-3,7-10H2,1H3,(H,18,19);1H. The van der Waals surface area contributed by atoms with Crippen LogP contribution in [0.4, 0.5) is 4.39 Å². The number of benzene rings is 1. The molecule has 0 heterocycles. The van der Waals surface area contributed by atoms with Crippen LogP contribution in [0, 0.1) is 5.82 Å². The monoisotopic (exact) mass is 300 g/mol.